The molecule has 0 saturated heterocycles. The number of ether oxygens (including phenoxy) is 1. The van der Waals surface area contributed by atoms with Gasteiger partial charge in [0.25, 0.3) is 0 Å². The summed E-state index contributed by atoms with van der Waals surface area (Å²) in [6.45, 7) is 0. The van der Waals surface area contributed by atoms with E-state index in [2.05, 4.69) is 16.6 Å². The number of nitrogens with two attached hydrogens (primary N) is 1. The summed E-state index contributed by atoms with van der Waals surface area (Å²) in [6, 6.07) is 1.93. The van der Waals surface area contributed by atoms with Crippen LogP contribution in [0.4, 0.5) is 14.5 Å². The molecule has 1 rings (SSSR count). The molecular weight excluding hydrogens is 216 g/mol. The van der Waals surface area contributed by atoms with Crippen LogP contribution in [-0.4, -0.2) is 13.1 Å². The monoisotopic (exact) mass is 225 g/mol. The quantitative estimate of drug-likeness (QED) is 0.447. The summed E-state index contributed by atoms with van der Waals surface area (Å²) in [4.78, 5) is 10.7. The summed E-state index contributed by atoms with van der Waals surface area (Å²) in [5.74, 6) is 2.26. The Balaban J connectivity index is 2.93. The van der Waals surface area contributed by atoms with E-state index in [0.29, 0.717) is 0 Å². The highest BCUT2D eigenvalue weighted by atomic mass is 19.1. The first-order valence-corrected chi connectivity index (χ1v) is 4.34. The van der Waals surface area contributed by atoms with Gasteiger partial charge in [0.05, 0.1) is 12.7 Å². The molecular formula is C11H9F2NO2. The van der Waals surface area contributed by atoms with Gasteiger partial charge >= 0.3 is 5.97 Å². The predicted molar refractivity (Wildman–Crippen MR) is 54.3 cm³/mol. The summed E-state index contributed by atoms with van der Waals surface area (Å²) in [5.41, 5.74) is 4.80. The van der Waals surface area contributed by atoms with Crippen LogP contribution in [0.2, 0.25) is 0 Å². The number of carbonyl (C=O) groups excluding carboxylic acids is 1. The zero-order chi connectivity index (χ0) is 12.1. The molecule has 5 heteroatoms. The maximum atomic E-state index is 13.2. The standard InChI is InChI=1S/C11H9F2NO2/c1-16-11(15)4-2-3-8-9(12)5-7(14)6-10(8)13/h5-6H,4,14H2,1H3. The number of anilines is 1. The van der Waals surface area contributed by atoms with Crippen molar-refractivity contribution in [2.45, 2.75) is 6.42 Å². The van der Waals surface area contributed by atoms with Crippen LogP contribution in [0.5, 0.6) is 0 Å². The third kappa shape index (κ3) is 2.95. The lowest BCUT2D eigenvalue weighted by Crippen LogP contribution is -1.98. The third-order valence-electron chi connectivity index (χ3n) is 1.74. The van der Waals surface area contributed by atoms with Crippen LogP contribution < -0.4 is 5.73 Å². The SMILES string of the molecule is COC(=O)CC#Cc1c(F)cc(N)cc1F. The van der Waals surface area contributed by atoms with Gasteiger partial charge in [0.15, 0.2) is 0 Å². The zero-order valence-electron chi connectivity index (χ0n) is 8.51. The summed E-state index contributed by atoms with van der Waals surface area (Å²) >= 11 is 0. The van der Waals surface area contributed by atoms with Crippen molar-refractivity contribution in [2.24, 2.45) is 0 Å². The zero-order valence-corrected chi connectivity index (χ0v) is 8.51. The van der Waals surface area contributed by atoms with Crippen LogP contribution >= 0.6 is 0 Å². The van der Waals surface area contributed by atoms with Crippen LogP contribution in [0.3, 0.4) is 0 Å². The molecule has 0 aliphatic rings. The molecule has 3 nitrogen and oxygen atoms in total. The van der Waals surface area contributed by atoms with Gasteiger partial charge in [-0.25, -0.2) is 8.78 Å². The second-order valence-corrected chi connectivity index (χ2v) is 2.91. The van der Waals surface area contributed by atoms with Crippen molar-refractivity contribution in [3.63, 3.8) is 0 Å². The lowest BCUT2D eigenvalue weighted by Gasteiger charge is -1.98. The molecule has 16 heavy (non-hydrogen) atoms. The van der Waals surface area contributed by atoms with Crippen molar-refractivity contribution >= 4 is 11.7 Å². The van der Waals surface area contributed by atoms with Crippen LogP contribution in [0.15, 0.2) is 12.1 Å². The highest BCUT2D eigenvalue weighted by Crippen LogP contribution is 2.15. The normalized spacial score (nSPS) is 9.19. The smallest absolute Gasteiger partial charge is 0.317 e. The molecule has 0 aliphatic heterocycles. The molecule has 0 atom stereocenters. The molecule has 0 aromatic heterocycles. The van der Waals surface area contributed by atoms with E-state index in [1.165, 1.54) is 7.11 Å². The first-order chi connectivity index (χ1) is 7.54. The van der Waals surface area contributed by atoms with Crippen molar-refractivity contribution in [3.05, 3.63) is 29.3 Å². The third-order valence-corrected chi connectivity index (χ3v) is 1.74. The lowest BCUT2D eigenvalue weighted by molar-refractivity contribution is -0.139. The summed E-state index contributed by atoms with van der Waals surface area (Å²) in [5, 5.41) is 0. The molecule has 0 aliphatic carbocycles. The number of benzene rings is 1. The average Bonchev–Trinajstić information content (AvgIpc) is 2.21. The molecule has 2 N–H and O–H groups in total. The minimum absolute atomic E-state index is 0.0199. The Morgan fingerprint density at radius 3 is 2.50 bits per heavy atom. The van der Waals surface area contributed by atoms with E-state index in [1.54, 1.807) is 0 Å². The van der Waals surface area contributed by atoms with Crippen LogP contribution in [0.25, 0.3) is 0 Å². The highest BCUT2D eigenvalue weighted by Gasteiger charge is 2.07. The molecule has 1 aromatic carbocycles. The molecule has 0 fully saturated rings. The number of carbonyl (C=O) groups is 1. The van der Waals surface area contributed by atoms with E-state index in [-0.39, 0.29) is 12.1 Å². The van der Waals surface area contributed by atoms with Crippen molar-refractivity contribution in [1.82, 2.24) is 0 Å². The largest absolute Gasteiger partial charge is 0.468 e. The lowest BCUT2D eigenvalue weighted by atomic mass is 10.2. The van der Waals surface area contributed by atoms with Gasteiger partial charge in [0.2, 0.25) is 0 Å². The Hall–Kier alpha value is -2.09. The number of hydrogen-bond donors (Lipinski definition) is 1. The summed E-state index contributed by atoms with van der Waals surface area (Å²) in [6.07, 6.45) is -0.222. The Morgan fingerprint density at radius 2 is 2.00 bits per heavy atom. The van der Waals surface area contributed by atoms with Gasteiger partial charge in [-0.15, -0.1) is 0 Å². The Kier molecular flexibility index (Phi) is 3.84. The molecule has 0 spiro atoms. The van der Waals surface area contributed by atoms with Gasteiger partial charge in [-0.3, -0.25) is 4.79 Å². The van der Waals surface area contributed by atoms with E-state index in [9.17, 15) is 13.6 Å². The van der Waals surface area contributed by atoms with Crippen LogP contribution in [0.1, 0.15) is 12.0 Å². The van der Waals surface area contributed by atoms with Gasteiger partial charge in [0, 0.05) is 5.69 Å². The van der Waals surface area contributed by atoms with E-state index >= 15 is 0 Å². The van der Waals surface area contributed by atoms with E-state index in [4.69, 9.17) is 5.73 Å². The molecule has 0 heterocycles. The van der Waals surface area contributed by atoms with E-state index in [1.807, 2.05) is 0 Å². The van der Waals surface area contributed by atoms with Crippen molar-refractivity contribution in [2.75, 3.05) is 12.8 Å². The predicted octanol–water partition coefficient (Wildman–Crippen LogP) is 1.46. The second-order valence-electron chi connectivity index (χ2n) is 2.91. The minimum Gasteiger partial charge on any atom is -0.468 e. The number of halogens is 2. The first-order valence-electron chi connectivity index (χ1n) is 4.34. The van der Waals surface area contributed by atoms with Crippen molar-refractivity contribution in [1.29, 1.82) is 0 Å². The maximum Gasteiger partial charge on any atom is 0.317 e. The molecule has 0 saturated carbocycles. The van der Waals surface area contributed by atoms with Gasteiger partial charge < -0.3 is 10.5 Å². The van der Waals surface area contributed by atoms with Gasteiger partial charge in [0.1, 0.15) is 18.1 Å². The van der Waals surface area contributed by atoms with E-state index < -0.39 is 23.2 Å². The molecule has 0 unspecified atom stereocenters. The second kappa shape index (κ2) is 5.12. The van der Waals surface area contributed by atoms with Crippen molar-refractivity contribution < 1.29 is 18.3 Å². The Labute approximate surface area is 91.2 Å². The molecule has 1 aromatic rings. The minimum atomic E-state index is -0.852. The van der Waals surface area contributed by atoms with E-state index in [0.717, 1.165) is 12.1 Å². The van der Waals surface area contributed by atoms with Crippen LogP contribution in [-0.2, 0) is 9.53 Å². The fraction of sp³-hybridized carbons (Fsp3) is 0.182. The first kappa shape index (κ1) is 12.0. The number of rotatable bonds is 1. The fourth-order valence-electron chi connectivity index (χ4n) is 0.989. The molecule has 0 amide bonds. The Morgan fingerprint density at radius 1 is 1.44 bits per heavy atom. The van der Waals surface area contributed by atoms with Crippen molar-refractivity contribution in [3.8, 4) is 11.8 Å². The number of nitrogen functional groups attached to an aromatic ring is 1. The van der Waals surface area contributed by atoms with Gasteiger partial charge in [-0.05, 0) is 12.1 Å². The average molecular weight is 225 g/mol. The van der Waals surface area contributed by atoms with Crippen LogP contribution in [0, 0.1) is 23.5 Å². The highest BCUT2D eigenvalue weighted by molar-refractivity contribution is 5.72. The maximum absolute atomic E-state index is 13.2. The topological polar surface area (TPSA) is 52.3 Å². The number of esters is 1. The number of hydrogen-bond acceptors (Lipinski definition) is 3. The molecule has 84 valence electrons. The van der Waals surface area contributed by atoms with Gasteiger partial charge in [-0.2, -0.15) is 0 Å². The summed E-state index contributed by atoms with van der Waals surface area (Å²) < 4.78 is 30.7. The summed E-state index contributed by atoms with van der Waals surface area (Å²) in [7, 11) is 1.20. The Bertz CT molecular complexity index is 452. The fourth-order valence-corrected chi connectivity index (χ4v) is 0.989. The molecule has 0 radical (unpaired) electrons. The number of methoxy groups -OCH3 is 1. The van der Waals surface area contributed by atoms with Gasteiger partial charge in [-0.1, -0.05) is 11.8 Å². The molecule has 0 bridgehead atoms.